The van der Waals surface area contributed by atoms with E-state index in [-0.39, 0.29) is 17.2 Å². The van der Waals surface area contributed by atoms with E-state index in [2.05, 4.69) is 5.16 Å². The smallest absolute Gasteiger partial charge is 0.400 e. The Kier molecular flexibility index (Phi) is 3.70. The van der Waals surface area contributed by atoms with E-state index in [1.165, 1.54) is 30.7 Å². The van der Waals surface area contributed by atoms with Crippen LogP contribution in [0.5, 0.6) is 0 Å². The Balaban J connectivity index is 1.68. The van der Waals surface area contributed by atoms with Gasteiger partial charge in [-0.05, 0) is 30.3 Å². The molecule has 0 fully saturated rings. The Morgan fingerprint density at radius 3 is 2.31 bits per heavy atom. The van der Waals surface area contributed by atoms with E-state index in [0.717, 1.165) is 4.90 Å². The van der Waals surface area contributed by atoms with E-state index in [4.69, 9.17) is 13.7 Å². The topological polar surface area (TPSA) is 102 Å². The van der Waals surface area contributed by atoms with E-state index in [9.17, 15) is 14.4 Å². The summed E-state index contributed by atoms with van der Waals surface area (Å²) in [6.07, 6.45) is 2.64. The molecular weight excluding hydrogens is 340 g/mol. The number of carbonyl (C=O) groups excluding carboxylic acids is 3. The van der Waals surface area contributed by atoms with Crippen LogP contribution in [0.15, 0.2) is 75.0 Å². The van der Waals surface area contributed by atoms with Crippen LogP contribution in [0.2, 0.25) is 0 Å². The predicted octanol–water partition coefficient (Wildman–Crippen LogP) is 2.62. The molecule has 0 N–H and O–H groups in total. The van der Waals surface area contributed by atoms with Crippen molar-refractivity contribution in [3.63, 3.8) is 0 Å². The molecule has 26 heavy (non-hydrogen) atoms. The second-order valence-electron chi connectivity index (χ2n) is 5.24. The fourth-order valence-electron chi connectivity index (χ4n) is 2.53. The van der Waals surface area contributed by atoms with Crippen molar-refractivity contribution in [3.05, 3.63) is 78.1 Å². The summed E-state index contributed by atoms with van der Waals surface area (Å²) in [7, 11) is 0. The summed E-state index contributed by atoms with van der Waals surface area (Å²) in [6, 6.07) is 12.4. The summed E-state index contributed by atoms with van der Waals surface area (Å²) in [5.41, 5.74) is 0.525. The molecule has 0 atom stereocenters. The summed E-state index contributed by atoms with van der Waals surface area (Å²) in [6.45, 7) is 0. The van der Waals surface area contributed by atoms with E-state index < -0.39 is 17.8 Å². The molecule has 3 aromatic rings. The second kappa shape index (κ2) is 6.17. The maximum Gasteiger partial charge on any atom is 0.400 e. The first-order valence-corrected chi connectivity index (χ1v) is 7.51. The van der Waals surface area contributed by atoms with Crippen LogP contribution >= 0.6 is 0 Å². The number of hydrogen-bond donors (Lipinski definition) is 0. The highest BCUT2D eigenvalue weighted by Gasteiger charge is 2.40. The number of furan rings is 2. The second-order valence-corrected chi connectivity index (χ2v) is 5.24. The number of carbonyl (C=O) groups is 3. The van der Waals surface area contributed by atoms with Gasteiger partial charge in [0.05, 0.1) is 18.2 Å². The number of rotatable bonds is 3. The van der Waals surface area contributed by atoms with Crippen LogP contribution in [0, 0.1) is 0 Å². The van der Waals surface area contributed by atoms with Crippen LogP contribution in [0.4, 0.5) is 5.69 Å². The van der Waals surface area contributed by atoms with Crippen LogP contribution in [0.25, 0.3) is 0 Å². The molecule has 0 radical (unpaired) electrons. The highest BCUT2D eigenvalue weighted by molar-refractivity contribution is 6.58. The highest BCUT2D eigenvalue weighted by atomic mass is 16.7. The summed E-state index contributed by atoms with van der Waals surface area (Å²) in [5, 5.41) is 3.65. The third kappa shape index (κ3) is 2.49. The lowest BCUT2D eigenvalue weighted by molar-refractivity contribution is -0.111. The molecule has 1 aromatic carbocycles. The lowest BCUT2D eigenvalue weighted by Crippen LogP contribution is -2.36. The van der Waals surface area contributed by atoms with E-state index >= 15 is 0 Å². The Bertz CT molecular complexity index is 1020. The van der Waals surface area contributed by atoms with Crippen LogP contribution in [0.3, 0.4) is 0 Å². The van der Waals surface area contributed by atoms with Crippen molar-refractivity contribution >= 4 is 29.2 Å². The monoisotopic (exact) mass is 350 g/mol. The van der Waals surface area contributed by atoms with Gasteiger partial charge in [0.1, 0.15) is 0 Å². The van der Waals surface area contributed by atoms with Gasteiger partial charge in [0.25, 0.3) is 5.91 Å². The highest BCUT2D eigenvalue weighted by Crippen LogP contribution is 2.30. The minimum absolute atomic E-state index is 0.00184. The van der Waals surface area contributed by atoms with Gasteiger partial charge in [-0.2, -0.15) is 0 Å². The minimum Gasteiger partial charge on any atom is -0.459 e. The maximum atomic E-state index is 12.7. The van der Waals surface area contributed by atoms with Crippen molar-refractivity contribution in [1.82, 2.24) is 0 Å². The molecule has 0 unspecified atom stereocenters. The number of amides is 2. The van der Waals surface area contributed by atoms with Crippen LogP contribution in [0.1, 0.15) is 26.7 Å². The summed E-state index contributed by atoms with van der Waals surface area (Å²) >= 11 is 0. The first kappa shape index (κ1) is 15.6. The van der Waals surface area contributed by atoms with Gasteiger partial charge in [-0.1, -0.05) is 23.4 Å². The van der Waals surface area contributed by atoms with Gasteiger partial charge in [-0.3, -0.25) is 9.59 Å². The number of imide groups is 1. The molecule has 0 saturated heterocycles. The zero-order valence-electron chi connectivity index (χ0n) is 13.1. The fraction of sp³-hybridized carbons (Fsp3) is 0. The number of hydrogen-bond acceptors (Lipinski definition) is 7. The number of fused-ring (bicyclic) bond motifs is 1. The van der Waals surface area contributed by atoms with Gasteiger partial charge in [-0.25, -0.2) is 9.69 Å². The number of para-hydroxylation sites is 1. The van der Waals surface area contributed by atoms with Gasteiger partial charge in [0.15, 0.2) is 11.5 Å². The molecule has 0 spiro atoms. The lowest BCUT2D eigenvalue weighted by Gasteiger charge is -2.12. The first-order valence-electron chi connectivity index (χ1n) is 7.51. The quantitative estimate of drug-likeness (QED) is 0.409. The molecular formula is C18H10N2O6. The molecule has 0 aliphatic carbocycles. The van der Waals surface area contributed by atoms with Crippen molar-refractivity contribution in [3.8, 4) is 0 Å². The van der Waals surface area contributed by atoms with Crippen molar-refractivity contribution in [2.45, 2.75) is 0 Å². The molecule has 1 aliphatic rings. The Morgan fingerprint density at radius 1 is 0.923 bits per heavy atom. The van der Waals surface area contributed by atoms with Crippen LogP contribution in [-0.4, -0.2) is 23.5 Å². The first-order chi connectivity index (χ1) is 12.7. The largest absolute Gasteiger partial charge is 0.459 e. The van der Waals surface area contributed by atoms with Crippen LogP contribution in [-0.2, 0) is 9.63 Å². The van der Waals surface area contributed by atoms with E-state index in [1.54, 1.807) is 30.3 Å². The Labute approximate surface area is 146 Å². The molecule has 0 saturated carbocycles. The van der Waals surface area contributed by atoms with E-state index in [1.807, 2.05) is 0 Å². The number of oxime groups is 1. The molecule has 8 heteroatoms. The zero-order valence-corrected chi connectivity index (χ0v) is 13.1. The number of benzene rings is 1. The fourth-order valence-corrected chi connectivity index (χ4v) is 2.53. The normalized spacial score (nSPS) is 14.5. The molecule has 3 heterocycles. The molecule has 4 rings (SSSR count). The van der Waals surface area contributed by atoms with Gasteiger partial charge >= 0.3 is 11.9 Å². The molecule has 128 valence electrons. The number of nitrogens with zero attached hydrogens (tertiary/aromatic N) is 2. The van der Waals surface area contributed by atoms with Crippen LogP contribution < -0.4 is 4.90 Å². The SMILES string of the molecule is O=C(O/N=C1\C(=O)N(C(=O)c2ccco2)c2ccccc21)c1ccco1. The zero-order chi connectivity index (χ0) is 18.1. The van der Waals surface area contributed by atoms with E-state index in [0.29, 0.717) is 11.3 Å². The van der Waals surface area contributed by atoms with Crippen molar-refractivity contribution in [2.75, 3.05) is 4.90 Å². The minimum atomic E-state index is -0.858. The third-order valence-electron chi connectivity index (χ3n) is 3.68. The average molecular weight is 350 g/mol. The predicted molar refractivity (Wildman–Crippen MR) is 87.6 cm³/mol. The van der Waals surface area contributed by atoms with Gasteiger partial charge in [-0.15, -0.1) is 0 Å². The lowest BCUT2D eigenvalue weighted by atomic mass is 10.1. The van der Waals surface area contributed by atoms with Gasteiger partial charge in [0, 0.05) is 5.56 Å². The number of anilines is 1. The molecule has 2 aromatic heterocycles. The van der Waals surface area contributed by atoms with Crippen molar-refractivity contribution in [1.29, 1.82) is 0 Å². The van der Waals surface area contributed by atoms with Crippen molar-refractivity contribution < 1.29 is 28.1 Å². The third-order valence-corrected chi connectivity index (χ3v) is 3.68. The molecule has 1 aliphatic heterocycles. The van der Waals surface area contributed by atoms with Gasteiger partial charge < -0.3 is 13.7 Å². The molecule has 0 bridgehead atoms. The summed E-state index contributed by atoms with van der Waals surface area (Å²) in [4.78, 5) is 42.9. The molecule has 8 nitrogen and oxygen atoms in total. The average Bonchev–Trinajstić information content (AvgIpc) is 3.39. The summed E-state index contributed by atoms with van der Waals surface area (Å²) in [5.74, 6) is -2.28. The summed E-state index contributed by atoms with van der Waals surface area (Å²) < 4.78 is 9.98. The standard InChI is InChI=1S/C18H10N2O6/c21-16(13-7-3-9-24-13)20-12-6-2-1-5-11(12)15(17(20)22)19-26-18(23)14-8-4-10-25-14/h1-10H/b19-15-. The Hall–Kier alpha value is -3.94. The van der Waals surface area contributed by atoms with Gasteiger partial charge in [0.2, 0.25) is 5.76 Å². The Morgan fingerprint density at radius 2 is 1.62 bits per heavy atom. The van der Waals surface area contributed by atoms with Crippen molar-refractivity contribution in [2.24, 2.45) is 5.16 Å². The maximum absolute atomic E-state index is 12.7. The molecule has 2 amide bonds.